The van der Waals surface area contributed by atoms with Crippen LogP contribution in [-0.4, -0.2) is 40.8 Å². The second-order valence-corrected chi connectivity index (χ2v) is 5.10. The van der Waals surface area contributed by atoms with Gasteiger partial charge in [-0.1, -0.05) is 11.7 Å². The van der Waals surface area contributed by atoms with Crippen molar-refractivity contribution >= 4 is 28.5 Å². The number of piperidine rings is 1. The van der Waals surface area contributed by atoms with Crippen molar-refractivity contribution < 1.29 is 4.79 Å². The highest BCUT2D eigenvalue weighted by atomic mass is 33.1. The van der Waals surface area contributed by atoms with Gasteiger partial charge in [0.1, 0.15) is 0 Å². The minimum atomic E-state index is 0.363. The van der Waals surface area contributed by atoms with Gasteiger partial charge >= 0.3 is 0 Å². The van der Waals surface area contributed by atoms with Crippen molar-refractivity contribution in [3.8, 4) is 0 Å². The molecule has 0 N–H and O–H groups in total. The van der Waals surface area contributed by atoms with Crippen LogP contribution in [0.2, 0.25) is 0 Å². The molecule has 14 heavy (non-hydrogen) atoms. The quantitative estimate of drug-likeness (QED) is 0.444. The normalized spacial score (nSPS) is 26.1. The average molecular weight is 232 g/mol. The van der Waals surface area contributed by atoms with Gasteiger partial charge in [-0.3, -0.25) is 4.79 Å². The minimum Gasteiger partial charge on any atom is -0.340 e. The lowest BCUT2D eigenvalue weighted by Gasteiger charge is -2.35. The maximum absolute atomic E-state index is 11.5. The fourth-order valence-corrected chi connectivity index (χ4v) is 3.15. The van der Waals surface area contributed by atoms with E-state index in [9.17, 15) is 4.79 Å². The van der Waals surface area contributed by atoms with Crippen molar-refractivity contribution in [2.75, 3.05) is 19.6 Å². The lowest BCUT2D eigenvalue weighted by atomic mass is 10.1. The van der Waals surface area contributed by atoms with Gasteiger partial charge in [0.15, 0.2) is 0 Å². The van der Waals surface area contributed by atoms with E-state index in [0.717, 1.165) is 45.3 Å². The second kappa shape index (κ2) is 4.77. The Kier molecular flexibility index (Phi) is 3.62. The molecule has 5 heteroatoms. The van der Waals surface area contributed by atoms with Gasteiger partial charge in [-0.2, -0.15) is 0 Å². The molecule has 0 radical (unpaired) electrons. The van der Waals surface area contributed by atoms with Crippen LogP contribution < -0.4 is 0 Å². The molecular weight excluding hydrogens is 216 g/mol. The lowest BCUT2D eigenvalue weighted by Crippen LogP contribution is -2.43. The van der Waals surface area contributed by atoms with E-state index in [-0.39, 0.29) is 0 Å². The zero-order valence-electron chi connectivity index (χ0n) is 8.19. The lowest BCUT2D eigenvalue weighted by molar-refractivity contribution is -0.130. The molecule has 2 rings (SSSR count). The summed E-state index contributed by atoms with van der Waals surface area (Å²) in [4.78, 5) is 13.6. The molecule has 0 aromatic heterocycles. The molecule has 1 amide bonds. The SMILES string of the molecule is O=C1CCCN1C1CCN(SS)CC1. The predicted molar refractivity (Wildman–Crippen MR) is 62.1 cm³/mol. The average Bonchev–Trinajstić information content (AvgIpc) is 2.65. The largest absolute Gasteiger partial charge is 0.340 e. The van der Waals surface area contributed by atoms with Crippen LogP contribution in [0.1, 0.15) is 25.7 Å². The Morgan fingerprint density at radius 2 is 2.00 bits per heavy atom. The van der Waals surface area contributed by atoms with E-state index in [1.54, 1.807) is 0 Å². The molecular formula is C9H16N2OS2. The summed E-state index contributed by atoms with van der Waals surface area (Å²) in [6, 6.07) is 0.502. The third-order valence-corrected chi connectivity index (χ3v) is 4.38. The third kappa shape index (κ3) is 2.20. The van der Waals surface area contributed by atoms with Crippen LogP contribution in [-0.2, 0) is 4.79 Å². The monoisotopic (exact) mass is 232 g/mol. The Morgan fingerprint density at radius 3 is 2.50 bits per heavy atom. The number of hydrogen-bond acceptors (Lipinski definition) is 4. The van der Waals surface area contributed by atoms with Crippen molar-refractivity contribution in [1.82, 2.24) is 9.21 Å². The fourth-order valence-electron chi connectivity index (χ4n) is 2.29. The molecule has 0 spiro atoms. The Labute approximate surface area is 94.1 Å². The molecule has 80 valence electrons. The van der Waals surface area contributed by atoms with Gasteiger partial charge in [0.25, 0.3) is 0 Å². The van der Waals surface area contributed by atoms with E-state index >= 15 is 0 Å². The Morgan fingerprint density at radius 1 is 1.29 bits per heavy atom. The minimum absolute atomic E-state index is 0.363. The van der Waals surface area contributed by atoms with Gasteiger partial charge in [-0.05, 0) is 30.2 Å². The van der Waals surface area contributed by atoms with E-state index in [1.165, 1.54) is 11.0 Å². The molecule has 0 unspecified atom stereocenters. The number of thiol groups is 1. The molecule has 2 fully saturated rings. The maximum atomic E-state index is 11.5. The summed E-state index contributed by atoms with van der Waals surface area (Å²) in [6.45, 7) is 3.10. The molecule has 0 bridgehead atoms. The zero-order valence-corrected chi connectivity index (χ0v) is 9.90. The summed E-state index contributed by atoms with van der Waals surface area (Å²) in [5, 5.41) is 0. The fraction of sp³-hybridized carbons (Fsp3) is 0.889. The molecule has 3 nitrogen and oxygen atoms in total. The number of carbonyl (C=O) groups is 1. The van der Waals surface area contributed by atoms with Crippen LogP contribution in [0, 0.1) is 0 Å². The molecule has 2 saturated heterocycles. The number of carbonyl (C=O) groups excluding carboxylic acids is 1. The summed E-state index contributed by atoms with van der Waals surface area (Å²) in [6.07, 6.45) is 4.04. The van der Waals surface area contributed by atoms with Gasteiger partial charge < -0.3 is 4.90 Å². The molecule has 2 heterocycles. The highest BCUT2D eigenvalue weighted by molar-refractivity contribution is 8.67. The summed E-state index contributed by atoms with van der Waals surface area (Å²) in [5.74, 6) is 0.363. The van der Waals surface area contributed by atoms with Gasteiger partial charge in [0.05, 0.1) is 0 Å². The second-order valence-electron chi connectivity index (χ2n) is 3.93. The van der Waals surface area contributed by atoms with Crippen molar-refractivity contribution in [2.45, 2.75) is 31.7 Å². The third-order valence-electron chi connectivity index (χ3n) is 3.09. The number of likely N-dealkylation sites (tertiary alicyclic amines) is 1. The summed E-state index contributed by atoms with van der Waals surface area (Å²) >= 11 is 4.18. The maximum Gasteiger partial charge on any atom is 0.222 e. The number of hydrogen-bond donors (Lipinski definition) is 1. The van der Waals surface area contributed by atoms with Gasteiger partial charge in [-0.25, -0.2) is 4.31 Å². The van der Waals surface area contributed by atoms with Gasteiger partial charge in [0.2, 0.25) is 5.91 Å². The van der Waals surface area contributed by atoms with Crippen molar-refractivity contribution in [3.63, 3.8) is 0 Å². The van der Waals surface area contributed by atoms with E-state index in [0.29, 0.717) is 11.9 Å². The smallest absolute Gasteiger partial charge is 0.222 e. The summed E-state index contributed by atoms with van der Waals surface area (Å²) < 4.78 is 2.25. The van der Waals surface area contributed by atoms with E-state index < -0.39 is 0 Å². The van der Waals surface area contributed by atoms with Gasteiger partial charge in [-0.15, -0.1) is 0 Å². The molecule has 2 aliphatic heterocycles. The number of amides is 1. The molecule has 2 aliphatic rings. The molecule has 0 aromatic carbocycles. The molecule has 0 saturated carbocycles. The number of rotatable bonds is 2. The van der Waals surface area contributed by atoms with Crippen LogP contribution in [0.15, 0.2) is 0 Å². The predicted octanol–water partition coefficient (Wildman–Crippen LogP) is 1.57. The molecule has 0 aliphatic carbocycles. The van der Waals surface area contributed by atoms with E-state index in [2.05, 4.69) is 20.9 Å². The first-order valence-corrected chi connectivity index (χ1v) is 7.00. The zero-order chi connectivity index (χ0) is 9.97. The Balaban J connectivity index is 1.85. The Hall–Kier alpha value is 0.130. The summed E-state index contributed by atoms with van der Waals surface area (Å²) in [5.41, 5.74) is 0. The summed E-state index contributed by atoms with van der Waals surface area (Å²) in [7, 11) is 1.52. The highest BCUT2D eigenvalue weighted by Gasteiger charge is 2.30. The Bertz CT molecular complexity index is 217. The van der Waals surface area contributed by atoms with E-state index in [4.69, 9.17) is 0 Å². The first-order chi connectivity index (χ1) is 6.81. The van der Waals surface area contributed by atoms with E-state index in [1.807, 2.05) is 0 Å². The van der Waals surface area contributed by atoms with Crippen LogP contribution in [0.5, 0.6) is 0 Å². The molecule has 0 atom stereocenters. The van der Waals surface area contributed by atoms with Gasteiger partial charge in [0, 0.05) is 32.1 Å². The van der Waals surface area contributed by atoms with Crippen molar-refractivity contribution in [2.24, 2.45) is 0 Å². The van der Waals surface area contributed by atoms with Crippen LogP contribution in [0.4, 0.5) is 0 Å². The van der Waals surface area contributed by atoms with Crippen LogP contribution in [0.25, 0.3) is 0 Å². The first kappa shape index (κ1) is 10.6. The molecule has 0 aromatic rings. The number of nitrogens with zero attached hydrogens (tertiary/aromatic N) is 2. The highest BCUT2D eigenvalue weighted by Crippen LogP contribution is 2.26. The van der Waals surface area contributed by atoms with Crippen LogP contribution >= 0.6 is 22.6 Å². The standard InChI is InChI=1S/C9H16N2OS2/c12-9-2-1-5-11(9)8-3-6-10(14-13)7-4-8/h8,13H,1-7H2. The van der Waals surface area contributed by atoms with Crippen LogP contribution in [0.3, 0.4) is 0 Å². The van der Waals surface area contributed by atoms with Crippen molar-refractivity contribution in [1.29, 1.82) is 0 Å². The van der Waals surface area contributed by atoms with Crippen molar-refractivity contribution in [3.05, 3.63) is 0 Å². The topological polar surface area (TPSA) is 23.6 Å². The first-order valence-electron chi connectivity index (χ1n) is 5.17.